The molecule has 0 saturated carbocycles. The van der Waals surface area contributed by atoms with Gasteiger partial charge in [-0.25, -0.2) is 0 Å². The number of amides is 2. The lowest BCUT2D eigenvalue weighted by Gasteiger charge is -2.45. The van der Waals surface area contributed by atoms with Gasteiger partial charge in [0.15, 0.2) is 0 Å². The van der Waals surface area contributed by atoms with Crippen LogP contribution in [0.5, 0.6) is 0 Å². The molecule has 0 radical (unpaired) electrons. The van der Waals surface area contributed by atoms with Crippen LogP contribution in [0, 0.1) is 0 Å². The molecule has 2 rings (SSSR count). The second-order valence-corrected chi connectivity index (χ2v) is 4.81. The van der Waals surface area contributed by atoms with E-state index < -0.39 is 0 Å². The van der Waals surface area contributed by atoms with E-state index in [1.54, 1.807) is 0 Å². The first-order chi connectivity index (χ1) is 7.00. The summed E-state index contributed by atoms with van der Waals surface area (Å²) in [7, 11) is 0. The second kappa shape index (κ2) is 3.57. The van der Waals surface area contributed by atoms with Crippen LogP contribution in [-0.2, 0) is 9.59 Å². The van der Waals surface area contributed by atoms with Crippen molar-refractivity contribution in [1.29, 1.82) is 0 Å². The molecule has 2 fully saturated rings. The van der Waals surface area contributed by atoms with Gasteiger partial charge in [0.05, 0.1) is 12.5 Å². The van der Waals surface area contributed by atoms with Crippen molar-refractivity contribution in [2.24, 2.45) is 0 Å². The second-order valence-electron chi connectivity index (χ2n) is 4.81. The Kier molecular flexibility index (Phi) is 2.52. The summed E-state index contributed by atoms with van der Waals surface area (Å²) in [6.45, 7) is 6.73. The summed E-state index contributed by atoms with van der Waals surface area (Å²) >= 11 is 0. The van der Waals surface area contributed by atoms with Gasteiger partial charge < -0.3 is 5.32 Å². The maximum atomic E-state index is 11.6. The van der Waals surface area contributed by atoms with Gasteiger partial charge in [-0.3, -0.25) is 19.8 Å². The predicted octanol–water partition coefficient (Wildman–Crippen LogP) is -0.915. The lowest BCUT2D eigenvalue weighted by molar-refractivity contribution is -0.127. The summed E-state index contributed by atoms with van der Waals surface area (Å²) in [6.07, 6.45) is 0.308. The maximum Gasteiger partial charge on any atom is 0.244 e. The Balaban J connectivity index is 2.15. The van der Waals surface area contributed by atoms with E-state index in [0.29, 0.717) is 6.42 Å². The zero-order valence-electron chi connectivity index (χ0n) is 9.17. The van der Waals surface area contributed by atoms with Crippen LogP contribution in [0.15, 0.2) is 0 Å². The zero-order valence-corrected chi connectivity index (χ0v) is 9.17. The van der Waals surface area contributed by atoms with E-state index in [2.05, 4.69) is 29.4 Å². The third kappa shape index (κ3) is 1.89. The highest BCUT2D eigenvalue weighted by atomic mass is 16.2. The van der Waals surface area contributed by atoms with E-state index in [1.165, 1.54) is 0 Å². The monoisotopic (exact) mass is 211 g/mol. The van der Waals surface area contributed by atoms with Gasteiger partial charge >= 0.3 is 0 Å². The summed E-state index contributed by atoms with van der Waals surface area (Å²) in [5.41, 5.74) is -0.0646. The minimum Gasteiger partial charge on any atom is -0.314 e. The highest BCUT2D eigenvalue weighted by Crippen LogP contribution is 2.23. The van der Waals surface area contributed by atoms with Crippen molar-refractivity contribution in [1.82, 2.24) is 15.5 Å². The molecule has 2 amide bonds. The molecule has 1 unspecified atom stereocenters. The highest BCUT2D eigenvalue weighted by molar-refractivity contribution is 6.05. The molecule has 5 heteroatoms. The number of hydrogen-bond donors (Lipinski definition) is 2. The molecule has 0 aromatic rings. The third-order valence-electron chi connectivity index (χ3n) is 3.18. The van der Waals surface area contributed by atoms with E-state index >= 15 is 0 Å². The van der Waals surface area contributed by atoms with Crippen LogP contribution in [0.3, 0.4) is 0 Å². The topological polar surface area (TPSA) is 61.4 Å². The van der Waals surface area contributed by atoms with Crippen LogP contribution in [0.4, 0.5) is 0 Å². The molecule has 2 N–H and O–H groups in total. The molecule has 15 heavy (non-hydrogen) atoms. The van der Waals surface area contributed by atoms with Crippen LogP contribution < -0.4 is 10.6 Å². The van der Waals surface area contributed by atoms with E-state index in [4.69, 9.17) is 0 Å². The van der Waals surface area contributed by atoms with E-state index in [9.17, 15) is 9.59 Å². The summed E-state index contributed by atoms with van der Waals surface area (Å²) in [6, 6.07) is -0.269. The van der Waals surface area contributed by atoms with Gasteiger partial charge in [0, 0.05) is 25.2 Å². The molecule has 0 bridgehead atoms. The van der Waals surface area contributed by atoms with Gasteiger partial charge in [-0.05, 0) is 13.8 Å². The van der Waals surface area contributed by atoms with Gasteiger partial charge in [0.25, 0.3) is 0 Å². The number of piperazine rings is 1. The Labute approximate surface area is 89.2 Å². The minimum atomic E-state index is -0.269. The predicted molar refractivity (Wildman–Crippen MR) is 55.2 cm³/mol. The minimum absolute atomic E-state index is 0.0646. The van der Waals surface area contributed by atoms with Crippen LogP contribution >= 0.6 is 0 Å². The van der Waals surface area contributed by atoms with Crippen LogP contribution in [0.1, 0.15) is 20.3 Å². The first kappa shape index (κ1) is 10.6. The highest BCUT2D eigenvalue weighted by Gasteiger charge is 2.42. The summed E-state index contributed by atoms with van der Waals surface area (Å²) < 4.78 is 0. The summed E-state index contributed by atoms with van der Waals surface area (Å²) in [4.78, 5) is 24.8. The van der Waals surface area contributed by atoms with Gasteiger partial charge in [-0.15, -0.1) is 0 Å². The van der Waals surface area contributed by atoms with Gasteiger partial charge in [-0.1, -0.05) is 0 Å². The number of carbonyl (C=O) groups is 2. The third-order valence-corrected chi connectivity index (χ3v) is 3.18. The molecule has 0 aromatic heterocycles. The molecule has 2 saturated heterocycles. The molecule has 0 spiro atoms. The standard InChI is InChI=1S/C10H17N3O2/c1-10(2)6-11-3-4-13(10)7-5-8(14)12-9(7)15/h7,11H,3-6H2,1-2H3,(H,12,14,15). The molecule has 84 valence electrons. The summed E-state index contributed by atoms with van der Waals surface area (Å²) in [5.74, 6) is -0.297. The molecule has 0 aliphatic carbocycles. The maximum absolute atomic E-state index is 11.6. The first-order valence-electron chi connectivity index (χ1n) is 5.32. The van der Waals surface area contributed by atoms with Crippen LogP contribution in [0.2, 0.25) is 0 Å². The van der Waals surface area contributed by atoms with Crippen molar-refractivity contribution >= 4 is 11.8 Å². The first-order valence-corrected chi connectivity index (χ1v) is 5.32. The molecule has 5 nitrogen and oxygen atoms in total. The van der Waals surface area contributed by atoms with Crippen molar-refractivity contribution in [3.8, 4) is 0 Å². The summed E-state index contributed by atoms with van der Waals surface area (Å²) in [5, 5.41) is 5.66. The SMILES string of the molecule is CC1(C)CNCCN1C1CC(=O)NC1=O. The Morgan fingerprint density at radius 3 is 2.67 bits per heavy atom. The van der Waals surface area contributed by atoms with Gasteiger partial charge in [-0.2, -0.15) is 0 Å². The molecule has 2 aliphatic heterocycles. The van der Waals surface area contributed by atoms with Crippen molar-refractivity contribution in [2.75, 3.05) is 19.6 Å². The normalized spacial score (nSPS) is 31.7. The van der Waals surface area contributed by atoms with Crippen molar-refractivity contribution < 1.29 is 9.59 Å². The van der Waals surface area contributed by atoms with E-state index in [0.717, 1.165) is 19.6 Å². The Hall–Kier alpha value is -0.940. The smallest absolute Gasteiger partial charge is 0.244 e. The fourth-order valence-corrected chi connectivity index (χ4v) is 2.37. The van der Waals surface area contributed by atoms with Crippen molar-refractivity contribution in [3.63, 3.8) is 0 Å². The van der Waals surface area contributed by atoms with Crippen molar-refractivity contribution in [2.45, 2.75) is 31.8 Å². The fraction of sp³-hybridized carbons (Fsp3) is 0.800. The van der Waals surface area contributed by atoms with Gasteiger partial charge in [0.1, 0.15) is 0 Å². The largest absolute Gasteiger partial charge is 0.314 e. The Morgan fingerprint density at radius 1 is 1.40 bits per heavy atom. The molecule has 1 atom stereocenters. The van der Waals surface area contributed by atoms with Crippen LogP contribution in [-0.4, -0.2) is 47.9 Å². The average Bonchev–Trinajstić information content (AvgIpc) is 2.44. The van der Waals surface area contributed by atoms with E-state index in [-0.39, 0.29) is 23.4 Å². The molecule has 2 heterocycles. The number of carbonyl (C=O) groups excluding carboxylic acids is 2. The van der Waals surface area contributed by atoms with Crippen molar-refractivity contribution in [3.05, 3.63) is 0 Å². The lowest BCUT2D eigenvalue weighted by Crippen LogP contribution is -2.62. The number of nitrogens with one attached hydrogen (secondary N) is 2. The molecular formula is C10H17N3O2. The Morgan fingerprint density at radius 2 is 2.13 bits per heavy atom. The van der Waals surface area contributed by atoms with Crippen LogP contribution in [0.25, 0.3) is 0 Å². The molecular weight excluding hydrogens is 194 g/mol. The quantitative estimate of drug-likeness (QED) is 0.551. The average molecular weight is 211 g/mol. The Bertz CT molecular complexity index is 301. The lowest BCUT2D eigenvalue weighted by atomic mass is 9.97. The zero-order chi connectivity index (χ0) is 11.1. The number of imide groups is 1. The number of nitrogens with zero attached hydrogens (tertiary/aromatic N) is 1. The van der Waals surface area contributed by atoms with E-state index in [1.807, 2.05) is 0 Å². The molecule has 2 aliphatic rings. The fourth-order valence-electron chi connectivity index (χ4n) is 2.37. The number of hydrogen-bond acceptors (Lipinski definition) is 4. The number of rotatable bonds is 1. The molecule has 0 aromatic carbocycles. The van der Waals surface area contributed by atoms with Gasteiger partial charge in [0.2, 0.25) is 11.8 Å².